The Hall–Kier alpha value is -2.96. The Labute approximate surface area is 106 Å². The van der Waals surface area contributed by atoms with Crippen LogP contribution in [0.4, 0.5) is 5.88 Å². The average Bonchev–Trinajstić information content (AvgIpc) is 2.89. The number of esters is 1. The number of furan rings is 1. The van der Waals surface area contributed by atoms with E-state index < -0.39 is 16.8 Å². The van der Waals surface area contributed by atoms with E-state index in [1.165, 1.54) is 24.3 Å². The van der Waals surface area contributed by atoms with Crippen molar-refractivity contribution in [3.05, 3.63) is 57.8 Å². The van der Waals surface area contributed by atoms with Gasteiger partial charge in [0, 0.05) is 5.56 Å². The predicted octanol–water partition coefficient (Wildman–Crippen LogP) is 2.22. The van der Waals surface area contributed by atoms with Gasteiger partial charge in [0.2, 0.25) is 5.76 Å². The molecule has 0 amide bonds. The lowest BCUT2D eigenvalue weighted by Crippen LogP contribution is -2.07. The monoisotopic (exact) mass is 261 g/mol. The van der Waals surface area contributed by atoms with E-state index >= 15 is 0 Å². The van der Waals surface area contributed by atoms with Crippen molar-refractivity contribution in [3.8, 4) is 5.75 Å². The molecule has 0 bridgehead atoms. The van der Waals surface area contributed by atoms with E-state index in [1.54, 1.807) is 0 Å². The highest BCUT2D eigenvalue weighted by Gasteiger charge is 2.18. The summed E-state index contributed by atoms with van der Waals surface area (Å²) < 4.78 is 9.62. The molecule has 19 heavy (non-hydrogen) atoms. The van der Waals surface area contributed by atoms with Gasteiger partial charge in [0.1, 0.15) is 17.0 Å². The molecular formula is C12H7NO6. The quantitative estimate of drug-likeness (QED) is 0.275. The minimum Gasteiger partial charge on any atom is -0.421 e. The third-order valence-electron chi connectivity index (χ3n) is 2.20. The maximum Gasteiger partial charge on any atom is 0.433 e. The first-order valence-electron chi connectivity index (χ1n) is 5.12. The molecule has 0 unspecified atom stereocenters. The number of nitro groups is 1. The molecule has 0 aliphatic carbocycles. The second-order valence-electron chi connectivity index (χ2n) is 3.47. The van der Waals surface area contributed by atoms with Gasteiger partial charge in [0.05, 0.1) is 6.07 Å². The van der Waals surface area contributed by atoms with Crippen LogP contribution in [0.3, 0.4) is 0 Å². The molecule has 0 aliphatic heterocycles. The number of aldehydes is 1. The SMILES string of the molecule is O=Cc1ccc(OC(=O)c2ccc([N+](=O)[O-])o2)cc1. The number of carbonyl (C=O) groups excluding carboxylic acids is 2. The highest BCUT2D eigenvalue weighted by Crippen LogP contribution is 2.18. The van der Waals surface area contributed by atoms with Crippen LogP contribution in [-0.4, -0.2) is 17.2 Å². The van der Waals surface area contributed by atoms with Crippen molar-refractivity contribution in [2.45, 2.75) is 0 Å². The first-order valence-corrected chi connectivity index (χ1v) is 5.12. The van der Waals surface area contributed by atoms with Gasteiger partial charge in [-0.25, -0.2) is 4.79 Å². The molecule has 0 saturated carbocycles. The summed E-state index contributed by atoms with van der Waals surface area (Å²) in [5.41, 5.74) is 0.438. The van der Waals surface area contributed by atoms with Crippen molar-refractivity contribution in [1.82, 2.24) is 0 Å². The highest BCUT2D eigenvalue weighted by molar-refractivity contribution is 5.88. The molecule has 0 N–H and O–H groups in total. The van der Waals surface area contributed by atoms with E-state index in [0.29, 0.717) is 11.8 Å². The summed E-state index contributed by atoms with van der Waals surface area (Å²) >= 11 is 0. The van der Waals surface area contributed by atoms with Crippen LogP contribution in [0.5, 0.6) is 5.75 Å². The van der Waals surface area contributed by atoms with Crippen LogP contribution in [-0.2, 0) is 0 Å². The number of rotatable bonds is 4. The Morgan fingerprint density at radius 3 is 2.42 bits per heavy atom. The van der Waals surface area contributed by atoms with Crippen LogP contribution in [0.25, 0.3) is 0 Å². The van der Waals surface area contributed by atoms with Gasteiger partial charge in [0.25, 0.3) is 0 Å². The number of hydrogen-bond acceptors (Lipinski definition) is 6. The van der Waals surface area contributed by atoms with Gasteiger partial charge < -0.3 is 9.15 Å². The van der Waals surface area contributed by atoms with E-state index in [9.17, 15) is 19.7 Å². The fourth-order valence-corrected chi connectivity index (χ4v) is 1.31. The lowest BCUT2D eigenvalue weighted by atomic mass is 10.2. The maximum atomic E-state index is 11.6. The number of nitrogens with zero attached hydrogens (tertiary/aromatic N) is 1. The summed E-state index contributed by atoms with van der Waals surface area (Å²) in [6.45, 7) is 0. The Kier molecular flexibility index (Phi) is 3.37. The second-order valence-corrected chi connectivity index (χ2v) is 3.47. The van der Waals surface area contributed by atoms with Crippen LogP contribution in [0, 0.1) is 10.1 Å². The lowest BCUT2D eigenvalue weighted by Gasteiger charge is -2.01. The Morgan fingerprint density at radius 1 is 1.21 bits per heavy atom. The molecule has 0 atom stereocenters. The molecule has 1 aromatic heterocycles. The van der Waals surface area contributed by atoms with E-state index in [4.69, 9.17) is 9.15 Å². The molecule has 0 fully saturated rings. The van der Waals surface area contributed by atoms with Crippen molar-refractivity contribution < 1.29 is 23.7 Å². The minimum absolute atomic E-state index is 0.203. The minimum atomic E-state index is -0.855. The largest absolute Gasteiger partial charge is 0.433 e. The molecule has 7 heteroatoms. The standard InChI is InChI=1S/C12H7NO6/c14-7-8-1-3-9(4-2-8)18-12(15)10-5-6-11(19-10)13(16)17/h1-7H. The smallest absolute Gasteiger partial charge is 0.421 e. The topological polar surface area (TPSA) is 99.7 Å². The lowest BCUT2D eigenvalue weighted by molar-refractivity contribution is -0.402. The molecule has 0 radical (unpaired) electrons. The summed E-state index contributed by atoms with van der Waals surface area (Å²) in [6, 6.07) is 8.02. The third kappa shape index (κ3) is 2.83. The zero-order valence-electron chi connectivity index (χ0n) is 9.44. The summed E-state index contributed by atoms with van der Waals surface area (Å²) in [6.07, 6.45) is 0.654. The van der Waals surface area contributed by atoms with Crippen LogP contribution in [0.15, 0.2) is 40.8 Å². The highest BCUT2D eigenvalue weighted by atomic mass is 16.7. The summed E-state index contributed by atoms with van der Waals surface area (Å²) in [7, 11) is 0. The Morgan fingerprint density at radius 2 is 1.89 bits per heavy atom. The molecule has 96 valence electrons. The molecule has 1 aromatic carbocycles. The zero-order chi connectivity index (χ0) is 13.8. The molecule has 0 spiro atoms. The van der Waals surface area contributed by atoms with Crippen molar-refractivity contribution >= 4 is 18.1 Å². The fraction of sp³-hybridized carbons (Fsp3) is 0. The molecule has 1 heterocycles. The first kappa shape index (κ1) is 12.5. The number of ether oxygens (including phenoxy) is 1. The number of carbonyl (C=O) groups is 2. The fourth-order valence-electron chi connectivity index (χ4n) is 1.31. The van der Waals surface area contributed by atoms with Crippen LogP contribution >= 0.6 is 0 Å². The van der Waals surface area contributed by atoms with Gasteiger partial charge >= 0.3 is 11.9 Å². The van der Waals surface area contributed by atoms with E-state index in [2.05, 4.69) is 0 Å². The Balaban J connectivity index is 2.10. The van der Waals surface area contributed by atoms with Crippen molar-refractivity contribution in [3.63, 3.8) is 0 Å². The van der Waals surface area contributed by atoms with Gasteiger partial charge in [-0.3, -0.25) is 14.9 Å². The molecular weight excluding hydrogens is 254 g/mol. The summed E-state index contributed by atoms with van der Waals surface area (Å²) in [5.74, 6) is -1.46. The molecule has 0 aliphatic rings. The Bertz CT molecular complexity index is 628. The van der Waals surface area contributed by atoms with Gasteiger partial charge in [-0.05, 0) is 30.3 Å². The second kappa shape index (κ2) is 5.13. The third-order valence-corrected chi connectivity index (χ3v) is 2.20. The van der Waals surface area contributed by atoms with Gasteiger partial charge in [-0.2, -0.15) is 0 Å². The summed E-state index contributed by atoms with van der Waals surface area (Å²) in [4.78, 5) is 31.7. The van der Waals surface area contributed by atoms with Crippen LogP contribution < -0.4 is 4.74 Å². The van der Waals surface area contributed by atoms with E-state index in [1.807, 2.05) is 0 Å². The van der Waals surface area contributed by atoms with E-state index in [-0.39, 0.29) is 11.5 Å². The van der Waals surface area contributed by atoms with Crippen molar-refractivity contribution in [2.75, 3.05) is 0 Å². The van der Waals surface area contributed by atoms with Gasteiger partial charge in [-0.1, -0.05) is 0 Å². The molecule has 7 nitrogen and oxygen atoms in total. The summed E-state index contributed by atoms with van der Waals surface area (Å²) in [5, 5.41) is 10.4. The average molecular weight is 261 g/mol. The zero-order valence-corrected chi connectivity index (χ0v) is 9.44. The number of benzene rings is 1. The van der Waals surface area contributed by atoms with Gasteiger partial charge in [0.15, 0.2) is 0 Å². The normalized spacial score (nSPS) is 9.89. The van der Waals surface area contributed by atoms with E-state index in [0.717, 1.165) is 12.1 Å². The van der Waals surface area contributed by atoms with Crippen LogP contribution in [0.2, 0.25) is 0 Å². The number of hydrogen-bond donors (Lipinski definition) is 0. The van der Waals surface area contributed by atoms with Crippen molar-refractivity contribution in [1.29, 1.82) is 0 Å². The first-order chi connectivity index (χ1) is 9.10. The van der Waals surface area contributed by atoms with Crippen LogP contribution in [0.1, 0.15) is 20.9 Å². The maximum absolute atomic E-state index is 11.6. The van der Waals surface area contributed by atoms with Crippen molar-refractivity contribution in [2.24, 2.45) is 0 Å². The molecule has 0 saturated heterocycles. The molecule has 2 rings (SSSR count). The van der Waals surface area contributed by atoms with Gasteiger partial charge in [-0.15, -0.1) is 0 Å². The predicted molar refractivity (Wildman–Crippen MR) is 62.2 cm³/mol. The molecule has 2 aromatic rings.